The van der Waals surface area contributed by atoms with Crippen LogP contribution in [0.3, 0.4) is 0 Å². The van der Waals surface area contributed by atoms with Crippen molar-refractivity contribution in [1.29, 1.82) is 0 Å². The first kappa shape index (κ1) is 31.3. The van der Waals surface area contributed by atoms with E-state index in [1.54, 1.807) is 0 Å². The van der Waals surface area contributed by atoms with Gasteiger partial charge in [0, 0.05) is 6.42 Å². The molecule has 0 aromatic carbocycles. The van der Waals surface area contributed by atoms with E-state index in [9.17, 15) is 30.3 Å². The van der Waals surface area contributed by atoms with Crippen molar-refractivity contribution < 1.29 is 36.8 Å². The van der Waals surface area contributed by atoms with Crippen LogP contribution in [0.25, 0.3) is 0 Å². The van der Waals surface area contributed by atoms with E-state index in [-0.39, 0.29) is 11.7 Å². The largest absolute Gasteiger partial charge is 0.394 e. The number of nitrogens with one attached hydrogen (secondary N) is 1. The van der Waals surface area contributed by atoms with Gasteiger partial charge in [0.25, 0.3) is 0 Å². The highest BCUT2D eigenvalue weighted by molar-refractivity contribution is 5.76. The van der Waals surface area contributed by atoms with E-state index >= 15 is 0 Å². The lowest BCUT2D eigenvalue weighted by Crippen LogP contribution is -2.54. The number of carbonyl (C=O) groups excluding carboxylic acids is 1. The first-order valence-electron chi connectivity index (χ1n) is 14.0. The van der Waals surface area contributed by atoms with Gasteiger partial charge in [-0.25, -0.2) is 0 Å². The van der Waals surface area contributed by atoms with Crippen molar-refractivity contribution in [2.75, 3.05) is 6.61 Å². The number of aliphatic hydroxyl groups is 6. The normalized spacial score (nSPS) is 16.5. The number of unbranched alkanes of at least 4 members (excludes halogenated alkanes) is 16. The molecule has 0 radical (unpaired) electrons. The zero-order valence-corrected chi connectivity index (χ0v) is 21.4. The van der Waals surface area contributed by atoms with E-state index < -0.39 is 43.2 Å². The topological polar surface area (TPSA) is 150 Å². The van der Waals surface area contributed by atoms with Gasteiger partial charge in [-0.15, -0.1) is 0 Å². The minimum atomic E-state index is -2.07. The number of hydrogen-bond acceptors (Lipinski definition) is 7. The van der Waals surface area contributed by atoms with Crippen LogP contribution in [0, 0.1) is 0 Å². The number of aliphatic hydroxyl groups excluding tert-OH is 6. The Morgan fingerprint density at radius 1 is 0.647 bits per heavy atom. The smallest absolute Gasteiger partial charge is 0.222 e. The summed E-state index contributed by atoms with van der Waals surface area (Å²) in [6.45, 7) is 1.39. The lowest BCUT2D eigenvalue weighted by molar-refractivity contribution is -0.151. The predicted octanol–water partition coefficient (Wildman–Crippen LogP) is 2.90. The minimum absolute atomic E-state index is 0.0315. The Hall–Kier alpha value is -0.770. The summed E-state index contributed by atoms with van der Waals surface area (Å²) >= 11 is 0. The molecule has 1 amide bonds. The molecule has 0 aliphatic heterocycles. The molecular formula is C26H53NO7. The van der Waals surface area contributed by atoms with Gasteiger partial charge in [-0.1, -0.05) is 110 Å². The number of amides is 1. The molecule has 204 valence electrons. The molecule has 5 atom stereocenters. The molecule has 0 saturated heterocycles. The fourth-order valence-corrected chi connectivity index (χ4v) is 4.00. The molecule has 0 spiro atoms. The highest BCUT2D eigenvalue weighted by Gasteiger charge is 2.34. The molecule has 0 rings (SSSR count). The zero-order valence-electron chi connectivity index (χ0n) is 22.4. The van der Waals surface area contributed by atoms with Gasteiger partial charge in [0.05, 0.1) is 6.61 Å². The Morgan fingerprint density at radius 2 is 1.03 bits per heavy atom. The summed E-state index contributed by atoms with van der Waals surface area (Å²) < 4.78 is 7.67. The molecule has 0 aromatic heterocycles. The van der Waals surface area contributed by atoms with Crippen LogP contribution >= 0.6 is 0 Å². The van der Waals surface area contributed by atoms with Crippen LogP contribution in [0.5, 0.6) is 0 Å². The Bertz CT molecular complexity index is 500. The van der Waals surface area contributed by atoms with Crippen molar-refractivity contribution >= 4 is 5.91 Å². The van der Waals surface area contributed by atoms with E-state index in [1.165, 1.54) is 83.5 Å². The summed E-state index contributed by atoms with van der Waals surface area (Å²) in [4.78, 5) is 12.1. The number of rotatable bonds is 24. The first-order chi connectivity index (χ1) is 16.8. The van der Waals surface area contributed by atoms with Crippen LogP contribution in [0.1, 0.15) is 122 Å². The average molecular weight is 493 g/mol. The molecule has 0 aliphatic rings. The molecule has 0 aromatic rings. The summed E-state index contributed by atoms with van der Waals surface area (Å²) in [5.74, 6) is -0.707. The summed E-state index contributed by atoms with van der Waals surface area (Å²) in [5, 5.41) is 57.4. The monoisotopic (exact) mass is 492 g/mol. The van der Waals surface area contributed by atoms with Gasteiger partial charge < -0.3 is 35.9 Å². The van der Waals surface area contributed by atoms with Crippen molar-refractivity contribution in [3.8, 4) is 0 Å². The molecule has 0 saturated carbocycles. The van der Waals surface area contributed by atoms with E-state index in [0.29, 0.717) is 6.42 Å². The van der Waals surface area contributed by atoms with Gasteiger partial charge in [-0.05, 0) is 6.42 Å². The van der Waals surface area contributed by atoms with Crippen molar-refractivity contribution in [2.24, 2.45) is 0 Å². The van der Waals surface area contributed by atoms with Crippen LogP contribution in [0.4, 0.5) is 0 Å². The highest BCUT2D eigenvalue weighted by Crippen LogP contribution is 2.14. The van der Waals surface area contributed by atoms with Gasteiger partial charge >= 0.3 is 0 Å². The third-order valence-electron chi connectivity index (χ3n) is 6.36. The second kappa shape index (κ2) is 22.7. The van der Waals surface area contributed by atoms with Crippen molar-refractivity contribution in [1.82, 2.24) is 5.31 Å². The Labute approximate surface area is 208 Å². The lowest BCUT2D eigenvalue weighted by atomic mass is 10.0. The quantitative estimate of drug-likeness (QED) is 0.0808. The Kier molecular flexibility index (Phi) is 20.9. The van der Waals surface area contributed by atoms with Gasteiger partial charge in [0.2, 0.25) is 5.91 Å². The van der Waals surface area contributed by atoms with E-state index in [0.717, 1.165) is 19.3 Å². The molecule has 0 fully saturated rings. The second-order valence-corrected chi connectivity index (χ2v) is 9.57. The summed E-state index contributed by atoms with van der Waals surface area (Å²) in [6, 6.07) is 0. The summed E-state index contributed by atoms with van der Waals surface area (Å²) in [5.41, 5.74) is 0. The third kappa shape index (κ3) is 17.6. The van der Waals surface area contributed by atoms with E-state index in [4.69, 9.17) is 6.52 Å². The maximum atomic E-state index is 12.1. The Morgan fingerprint density at radius 3 is 1.41 bits per heavy atom. The molecule has 8 heteroatoms. The minimum Gasteiger partial charge on any atom is -0.394 e. The molecule has 1 unspecified atom stereocenters. The predicted molar refractivity (Wildman–Crippen MR) is 134 cm³/mol. The molecule has 0 heterocycles. The molecule has 0 aliphatic carbocycles. The van der Waals surface area contributed by atoms with Crippen LogP contribution in [-0.2, 0) is 4.79 Å². The number of hydrogen-bond donors (Lipinski definition) is 7. The average Bonchev–Trinajstić information content (AvgIpc) is 2.87. The maximum Gasteiger partial charge on any atom is 0.222 e. The molecule has 34 heavy (non-hydrogen) atoms. The van der Waals surface area contributed by atoms with Crippen LogP contribution in [0.15, 0.2) is 0 Å². The van der Waals surface area contributed by atoms with Crippen LogP contribution in [-0.4, -0.2) is 73.8 Å². The fourth-order valence-electron chi connectivity index (χ4n) is 4.00. The van der Waals surface area contributed by atoms with Crippen molar-refractivity contribution in [3.05, 3.63) is 0 Å². The fraction of sp³-hybridized carbons (Fsp3) is 0.962. The van der Waals surface area contributed by atoms with Gasteiger partial charge in [0.15, 0.2) is 7.64 Å². The van der Waals surface area contributed by atoms with Crippen LogP contribution < -0.4 is 5.31 Å². The molecule has 0 bridgehead atoms. The first-order valence-corrected chi connectivity index (χ1v) is 13.6. The summed E-state index contributed by atoms with van der Waals surface area (Å²) in [7, 11) is 0. The van der Waals surface area contributed by atoms with Crippen LogP contribution in [0.2, 0.25) is 1.41 Å². The van der Waals surface area contributed by atoms with Gasteiger partial charge in [-0.2, -0.15) is 0 Å². The highest BCUT2D eigenvalue weighted by atomic mass is 16.4. The standard InChI is InChI=1S/C26H53NO7/c1-2-3-4-5-6-7-8-9-10-11-12-13-14-15-16-17-18-19-22(30)27-26(34)25(33)24(32)23(31)21(29)20-28/h21,23-26,28-29,31-34H,2-20H2,1H3,(H,27,30)/t21-,23-,24+,25-,26?/m1/s1/i/hD. The van der Waals surface area contributed by atoms with Crippen molar-refractivity contribution in [2.45, 2.75) is 153 Å². The molecule has 7 N–H and O–H groups in total. The SMILES string of the molecule is [2H]N(C(=O)CCCCCCCCCCCCCCCCCCC)C(O)[C@H](O)[C@@H](O)[C@H](O)[C@H](O)CO. The van der Waals surface area contributed by atoms with Gasteiger partial charge in [-0.3, -0.25) is 4.79 Å². The summed E-state index contributed by atoms with van der Waals surface area (Å²) in [6.07, 6.45) is 11.0. The van der Waals surface area contributed by atoms with Crippen molar-refractivity contribution in [3.63, 3.8) is 0 Å². The second-order valence-electron chi connectivity index (χ2n) is 9.57. The Balaban J connectivity index is 3.70. The lowest BCUT2D eigenvalue weighted by Gasteiger charge is -2.28. The zero-order chi connectivity index (χ0) is 26.5. The van der Waals surface area contributed by atoms with E-state index in [1.807, 2.05) is 0 Å². The third-order valence-corrected chi connectivity index (χ3v) is 6.36. The maximum absolute atomic E-state index is 12.1. The van der Waals surface area contributed by atoms with E-state index in [2.05, 4.69) is 6.92 Å². The molecular weight excluding hydrogens is 438 g/mol. The van der Waals surface area contributed by atoms with Gasteiger partial charge in [0.1, 0.15) is 24.4 Å². The molecule has 8 nitrogen and oxygen atoms in total. The number of carbonyl (C=O) groups is 1.